The van der Waals surface area contributed by atoms with Gasteiger partial charge in [0.1, 0.15) is 0 Å². The summed E-state index contributed by atoms with van der Waals surface area (Å²) in [4.78, 5) is 0. The van der Waals surface area contributed by atoms with Crippen molar-refractivity contribution in [3.63, 3.8) is 0 Å². The van der Waals surface area contributed by atoms with E-state index in [1.165, 1.54) is 32.1 Å². The van der Waals surface area contributed by atoms with Gasteiger partial charge in [0.25, 0.3) is 0 Å². The van der Waals surface area contributed by atoms with E-state index in [1.54, 1.807) is 0 Å². The maximum absolute atomic E-state index is 2.40. The monoisotopic (exact) mass is 180 g/mol. The lowest BCUT2D eigenvalue weighted by atomic mass is 9.81. The Labute approximate surface area is 83.4 Å². The number of rotatable bonds is 3. The van der Waals surface area contributed by atoms with Crippen molar-refractivity contribution in [1.29, 1.82) is 0 Å². The van der Waals surface area contributed by atoms with Crippen LogP contribution in [0.5, 0.6) is 0 Å². The van der Waals surface area contributed by atoms with Gasteiger partial charge in [0.2, 0.25) is 0 Å². The van der Waals surface area contributed by atoms with Gasteiger partial charge >= 0.3 is 0 Å². The van der Waals surface area contributed by atoms with Crippen molar-refractivity contribution in [1.82, 2.24) is 0 Å². The Bertz CT molecular complexity index is 155. The van der Waals surface area contributed by atoms with E-state index >= 15 is 0 Å². The highest BCUT2D eigenvalue weighted by Crippen LogP contribution is 2.30. The van der Waals surface area contributed by atoms with Crippen molar-refractivity contribution in [3.8, 4) is 0 Å². The SMILES string of the molecule is CC(C)C=CCC1CCCC(C)C1. The van der Waals surface area contributed by atoms with Crippen molar-refractivity contribution in [3.05, 3.63) is 12.2 Å². The molecule has 0 heteroatoms. The molecule has 2 atom stereocenters. The molecule has 76 valence electrons. The molecular formula is C13H24. The molecule has 0 spiro atoms. The van der Waals surface area contributed by atoms with Gasteiger partial charge in [-0.25, -0.2) is 0 Å². The quantitative estimate of drug-likeness (QED) is 0.564. The maximum atomic E-state index is 2.40. The molecule has 1 rings (SSSR count). The van der Waals surface area contributed by atoms with Crippen LogP contribution in [-0.2, 0) is 0 Å². The van der Waals surface area contributed by atoms with Gasteiger partial charge in [-0.15, -0.1) is 0 Å². The molecule has 0 heterocycles. The highest BCUT2D eigenvalue weighted by atomic mass is 14.2. The maximum Gasteiger partial charge on any atom is -0.0290 e. The predicted molar refractivity (Wildman–Crippen MR) is 59.7 cm³/mol. The van der Waals surface area contributed by atoms with Crippen LogP contribution >= 0.6 is 0 Å². The van der Waals surface area contributed by atoms with E-state index < -0.39 is 0 Å². The fourth-order valence-corrected chi connectivity index (χ4v) is 2.32. The van der Waals surface area contributed by atoms with Crippen LogP contribution < -0.4 is 0 Å². The topological polar surface area (TPSA) is 0 Å². The molecule has 0 aliphatic heterocycles. The zero-order valence-electron chi connectivity index (χ0n) is 9.42. The first-order valence-electron chi connectivity index (χ1n) is 5.85. The molecule has 1 aliphatic rings. The van der Waals surface area contributed by atoms with Gasteiger partial charge in [-0.3, -0.25) is 0 Å². The minimum atomic E-state index is 0.723. The van der Waals surface area contributed by atoms with Crippen molar-refractivity contribution in [2.45, 2.75) is 52.9 Å². The van der Waals surface area contributed by atoms with E-state index in [0.29, 0.717) is 0 Å². The van der Waals surface area contributed by atoms with Gasteiger partial charge in [0, 0.05) is 0 Å². The van der Waals surface area contributed by atoms with E-state index in [9.17, 15) is 0 Å². The Balaban J connectivity index is 2.20. The Hall–Kier alpha value is -0.260. The molecule has 0 aromatic rings. The van der Waals surface area contributed by atoms with Crippen LogP contribution in [0.3, 0.4) is 0 Å². The summed E-state index contributed by atoms with van der Waals surface area (Å²) in [6.45, 7) is 6.90. The average molecular weight is 180 g/mol. The van der Waals surface area contributed by atoms with Crippen LogP contribution in [0.15, 0.2) is 12.2 Å². The van der Waals surface area contributed by atoms with E-state index in [4.69, 9.17) is 0 Å². The van der Waals surface area contributed by atoms with Crippen LogP contribution in [0, 0.1) is 17.8 Å². The van der Waals surface area contributed by atoms with Crippen LogP contribution in [0.1, 0.15) is 52.9 Å². The van der Waals surface area contributed by atoms with Crippen LogP contribution in [-0.4, -0.2) is 0 Å². The fraction of sp³-hybridized carbons (Fsp3) is 0.846. The van der Waals surface area contributed by atoms with Gasteiger partial charge in [-0.1, -0.05) is 52.2 Å². The Morgan fingerprint density at radius 2 is 2.08 bits per heavy atom. The zero-order chi connectivity index (χ0) is 9.68. The number of allylic oxidation sites excluding steroid dienone is 2. The van der Waals surface area contributed by atoms with Crippen molar-refractivity contribution >= 4 is 0 Å². The highest BCUT2D eigenvalue weighted by molar-refractivity contribution is 4.87. The normalized spacial score (nSPS) is 30.2. The van der Waals surface area contributed by atoms with Crippen molar-refractivity contribution < 1.29 is 0 Å². The largest absolute Gasteiger partial charge is 0.0880 e. The lowest BCUT2D eigenvalue weighted by Gasteiger charge is -2.25. The minimum Gasteiger partial charge on any atom is -0.0880 e. The van der Waals surface area contributed by atoms with E-state index in [0.717, 1.165) is 17.8 Å². The third-order valence-corrected chi connectivity index (χ3v) is 3.04. The molecule has 0 saturated heterocycles. The molecule has 0 aromatic carbocycles. The van der Waals surface area contributed by atoms with Gasteiger partial charge in [0.15, 0.2) is 0 Å². The van der Waals surface area contributed by atoms with Crippen LogP contribution in [0.2, 0.25) is 0 Å². The second-order valence-corrected chi connectivity index (χ2v) is 5.05. The molecule has 0 nitrogen and oxygen atoms in total. The van der Waals surface area contributed by atoms with Crippen molar-refractivity contribution in [2.75, 3.05) is 0 Å². The van der Waals surface area contributed by atoms with Gasteiger partial charge in [-0.2, -0.15) is 0 Å². The van der Waals surface area contributed by atoms with Crippen LogP contribution in [0.25, 0.3) is 0 Å². The van der Waals surface area contributed by atoms with Gasteiger partial charge in [0.05, 0.1) is 0 Å². The molecular weight excluding hydrogens is 156 g/mol. The van der Waals surface area contributed by atoms with E-state index in [1.807, 2.05) is 0 Å². The standard InChI is InChI=1S/C13H24/c1-11(2)6-4-8-13-9-5-7-12(3)10-13/h4,6,11-13H,5,7-10H2,1-3H3. The molecule has 0 amide bonds. The van der Waals surface area contributed by atoms with Crippen molar-refractivity contribution in [2.24, 2.45) is 17.8 Å². The van der Waals surface area contributed by atoms with Gasteiger partial charge < -0.3 is 0 Å². The van der Waals surface area contributed by atoms with E-state index in [-0.39, 0.29) is 0 Å². The first-order valence-corrected chi connectivity index (χ1v) is 5.85. The molecule has 2 unspecified atom stereocenters. The highest BCUT2D eigenvalue weighted by Gasteiger charge is 2.17. The minimum absolute atomic E-state index is 0.723. The number of hydrogen-bond acceptors (Lipinski definition) is 0. The molecule has 0 aromatic heterocycles. The van der Waals surface area contributed by atoms with Crippen LogP contribution in [0.4, 0.5) is 0 Å². The second kappa shape index (κ2) is 5.47. The third-order valence-electron chi connectivity index (χ3n) is 3.04. The molecule has 13 heavy (non-hydrogen) atoms. The zero-order valence-corrected chi connectivity index (χ0v) is 9.42. The first-order chi connectivity index (χ1) is 6.18. The summed E-state index contributed by atoms with van der Waals surface area (Å²) in [6.07, 6.45) is 11.9. The summed E-state index contributed by atoms with van der Waals surface area (Å²) >= 11 is 0. The summed E-state index contributed by atoms with van der Waals surface area (Å²) in [7, 11) is 0. The second-order valence-electron chi connectivity index (χ2n) is 5.05. The summed E-state index contributed by atoms with van der Waals surface area (Å²) in [5.41, 5.74) is 0. The molecule has 1 fully saturated rings. The lowest BCUT2D eigenvalue weighted by molar-refractivity contribution is 0.284. The molecule has 0 radical (unpaired) electrons. The van der Waals surface area contributed by atoms with E-state index in [2.05, 4.69) is 32.9 Å². The summed E-state index contributed by atoms with van der Waals surface area (Å²) < 4.78 is 0. The smallest absolute Gasteiger partial charge is 0.0290 e. The average Bonchev–Trinajstić information content (AvgIpc) is 2.03. The summed E-state index contributed by atoms with van der Waals surface area (Å²) in [5, 5.41) is 0. The summed E-state index contributed by atoms with van der Waals surface area (Å²) in [5.74, 6) is 2.69. The summed E-state index contributed by atoms with van der Waals surface area (Å²) in [6, 6.07) is 0. The Morgan fingerprint density at radius 3 is 2.69 bits per heavy atom. The molecule has 0 N–H and O–H groups in total. The molecule has 0 bridgehead atoms. The predicted octanol–water partition coefficient (Wildman–Crippen LogP) is 4.42. The Morgan fingerprint density at radius 1 is 1.31 bits per heavy atom. The number of hydrogen-bond donors (Lipinski definition) is 0. The first kappa shape index (κ1) is 10.8. The Kier molecular flexibility index (Phi) is 4.55. The molecule has 1 saturated carbocycles. The fourth-order valence-electron chi connectivity index (χ4n) is 2.32. The molecule has 1 aliphatic carbocycles. The van der Waals surface area contributed by atoms with Gasteiger partial charge in [-0.05, 0) is 30.6 Å². The lowest BCUT2D eigenvalue weighted by Crippen LogP contribution is -2.12. The third kappa shape index (κ3) is 4.50.